The van der Waals surface area contributed by atoms with E-state index < -0.39 is 7.12 Å². The summed E-state index contributed by atoms with van der Waals surface area (Å²) < 4.78 is 10.9. The molecule has 1 saturated carbocycles. The third-order valence-electron chi connectivity index (χ3n) is 4.59. The zero-order valence-electron chi connectivity index (χ0n) is 14.2. The highest BCUT2D eigenvalue weighted by Crippen LogP contribution is 2.46. The lowest BCUT2D eigenvalue weighted by Crippen LogP contribution is -2.32. The molecule has 0 aliphatic heterocycles. The fraction of sp³-hybridized carbons (Fsp3) is 0.278. The molecule has 0 saturated heterocycles. The van der Waals surface area contributed by atoms with E-state index in [0.717, 1.165) is 17.9 Å². The summed E-state index contributed by atoms with van der Waals surface area (Å²) in [6.07, 6.45) is 4.32. The summed E-state index contributed by atoms with van der Waals surface area (Å²) >= 11 is 0. The lowest BCUT2D eigenvalue weighted by Gasteiger charge is -2.11. The number of aromatic nitrogens is 3. The smallest absolute Gasteiger partial charge is 0.494 e. The van der Waals surface area contributed by atoms with Gasteiger partial charge in [0.05, 0.1) is 30.9 Å². The maximum Gasteiger partial charge on any atom is 0.494 e. The minimum atomic E-state index is -1.66. The molecule has 8 heteroatoms. The van der Waals surface area contributed by atoms with Crippen LogP contribution in [-0.2, 0) is 0 Å². The molecule has 3 aromatic heterocycles. The second-order valence-electron chi connectivity index (χ2n) is 6.33. The van der Waals surface area contributed by atoms with Crippen LogP contribution in [0.3, 0.4) is 0 Å². The molecule has 0 radical (unpaired) electrons. The SMILES string of the molecule is COc1ccc([C@H]2CC2COc2nc3cccnc3cc2B(O)O)nc1. The van der Waals surface area contributed by atoms with Crippen LogP contribution in [0.1, 0.15) is 18.0 Å². The average Bonchev–Trinajstić information content (AvgIpc) is 3.45. The molecule has 3 heterocycles. The molecule has 26 heavy (non-hydrogen) atoms. The summed E-state index contributed by atoms with van der Waals surface area (Å²) in [7, 11) is -0.0499. The zero-order chi connectivity index (χ0) is 18.1. The third kappa shape index (κ3) is 3.33. The van der Waals surface area contributed by atoms with E-state index in [-0.39, 0.29) is 11.3 Å². The van der Waals surface area contributed by atoms with E-state index in [1.54, 1.807) is 31.6 Å². The van der Waals surface area contributed by atoms with Gasteiger partial charge in [0.1, 0.15) is 5.75 Å². The average molecular weight is 351 g/mol. The maximum absolute atomic E-state index is 9.61. The van der Waals surface area contributed by atoms with Gasteiger partial charge in [-0.3, -0.25) is 9.97 Å². The lowest BCUT2D eigenvalue weighted by atomic mass is 9.80. The summed E-state index contributed by atoms with van der Waals surface area (Å²) in [5.74, 6) is 1.63. The van der Waals surface area contributed by atoms with Crippen molar-refractivity contribution in [3.05, 3.63) is 48.4 Å². The van der Waals surface area contributed by atoms with Gasteiger partial charge in [-0.15, -0.1) is 0 Å². The van der Waals surface area contributed by atoms with Gasteiger partial charge in [0.25, 0.3) is 0 Å². The first kappa shape index (κ1) is 16.7. The Morgan fingerprint density at radius 2 is 2.08 bits per heavy atom. The topological polar surface area (TPSA) is 97.6 Å². The number of nitrogens with zero attached hydrogens (tertiary/aromatic N) is 3. The zero-order valence-corrected chi connectivity index (χ0v) is 14.2. The molecule has 0 amide bonds. The van der Waals surface area contributed by atoms with E-state index in [1.165, 1.54) is 0 Å². The van der Waals surface area contributed by atoms with Crippen LogP contribution in [0.25, 0.3) is 11.0 Å². The summed E-state index contributed by atoms with van der Waals surface area (Å²) in [6, 6.07) is 9.05. The second-order valence-corrected chi connectivity index (χ2v) is 6.33. The molecule has 4 rings (SSSR count). The first-order chi connectivity index (χ1) is 12.7. The number of hydrogen-bond acceptors (Lipinski definition) is 7. The molecule has 2 N–H and O–H groups in total. The van der Waals surface area contributed by atoms with E-state index in [9.17, 15) is 10.0 Å². The second kappa shape index (κ2) is 6.89. The largest absolute Gasteiger partial charge is 0.495 e. The molecule has 0 bridgehead atoms. The molecular weight excluding hydrogens is 333 g/mol. The van der Waals surface area contributed by atoms with Crippen LogP contribution in [-0.4, -0.2) is 45.8 Å². The van der Waals surface area contributed by atoms with Crippen LogP contribution in [0.4, 0.5) is 0 Å². The van der Waals surface area contributed by atoms with Crippen molar-refractivity contribution in [3.8, 4) is 11.6 Å². The Balaban J connectivity index is 1.47. The maximum atomic E-state index is 9.61. The summed E-state index contributed by atoms with van der Waals surface area (Å²) in [6.45, 7) is 0.441. The molecule has 3 aromatic rings. The van der Waals surface area contributed by atoms with Crippen LogP contribution in [0, 0.1) is 5.92 Å². The Kier molecular flexibility index (Phi) is 4.44. The van der Waals surface area contributed by atoms with Crippen molar-refractivity contribution in [1.29, 1.82) is 0 Å². The van der Waals surface area contributed by atoms with Crippen molar-refractivity contribution >= 4 is 23.6 Å². The van der Waals surface area contributed by atoms with Crippen molar-refractivity contribution in [3.63, 3.8) is 0 Å². The molecule has 7 nitrogen and oxygen atoms in total. The fourth-order valence-corrected chi connectivity index (χ4v) is 3.01. The molecule has 1 aliphatic rings. The molecule has 132 valence electrons. The quantitative estimate of drug-likeness (QED) is 0.637. The first-order valence-electron chi connectivity index (χ1n) is 8.40. The van der Waals surface area contributed by atoms with E-state index in [4.69, 9.17) is 9.47 Å². The molecular formula is C18H18BN3O4. The van der Waals surface area contributed by atoms with E-state index in [2.05, 4.69) is 15.0 Å². The predicted octanol–water partition coefficient (Wildman–Crippen LogP) is 0.896. The Bertz CT molecular complexity index is 920. The highest BCUT2D eigenvalue weighted by molar-refractivity contribution is 6.59. The highest BCUT2D eigenvalue weighted by Gasteiger charge is 2.40. The third-order valence-corrected chi connectivity index (χ3v) is 4.59. The molecule has 1 unspecified atom stereocenters. The Morgan fingerprint density at radius 3 is 2.81 bits per heavy atom. The normalized spacial score (nSPS) is 18.6. The Hall–Kier alpha value is -2.71. The van der Waals surface area contributed by atoms with E-state index >= 15 is 0 Å². The number of pyridine rings is 3. The lowest BCUT2D eigenvalue weighted by molar-refractivity contribution is 0.287. The van der Waals surface area contributed by atoms with Crippen molar-refractivity contribution < 1.29 is 19.5 Å². The van der Waals surface area contributed by atoms with Gasteiger partial charge in [-0.25, -0.2) is 4.98 Å². The Labute approximate surface area is 150 Å². The number of fused-ring (bicyclic) bond motifs is 1. The van der Waals surface area contributed by atoms with Crippen molar-refractivity contribution in [2.75, 3.05) is 13.7 Å². The van der Waals surface area contributed by atoms with Gasteiger partial charge in [-0.1, -0.05) is 0 Å². The van der Waals surface area contributed by atoms with Crippen molar-refractivity contribution in [1.82, 2.24) is 15.0 Å². The van der Waals surface area contributed by atoms with Crippen molar-refractivity contribution in [2.24, 2.45) is 5.92 Å². The van der Waals surface area contributed by atoms with Crippen LogP contribution >= 0.6 is 0 Å². The van der Waals surface area contributed by atoms with Gasteiger partial charge in [0.15, 0.2) is 0 Å². The molecule has 1 fully saturated rings. The molecule has 0 aromatic carbocycles. The van der Waals surface area contributed by atoms with Gasteiger partial charge < -0.3 is 19.5 Å². The van der Waals surface area contributed by atoms with E-state index in [0.29, 0.717) is 29.5 Å². The first-order valence-corrected chi connectivity index (χ1v) is 8.40. The number of ether oxygens (including phenoxy) is 2. The summed E-state index contributed by atoms with van der Waals surface area (Å²) in [4.78, 5) is 13.0. The van der Waals surface area contributed by atoms with Gasteiger partial charge >= 0.3 is 7.12 Å². The van der Waals surface area contributed by atoms with Gasteiger partial charge in [0, 0.05) is 29.2 Å². The van der Waals surface area contributed by atoms with Crippen LogP contribution in [0.5, 0.6) is 11.6 Å². The fourth-order valence-electron chi connectivity index (χ4n) is 3.01. The summed E-state index contributed by atoms with van der Waals surface area (Å²) in [5.41, 5.74) is 2.47. The van der Waals surface area contributed by atoms with Crippen LogP contribution in [0.15, 0.2) is 42.7 Å². The Morgan fingerprint density at radius 1 is 1.19 bits per heavy atom. The monoisotopic (exact) mass is 351 g/mol. The van der Waals surface area contributed by atoms with Gasteiger partial charge in [0.2, 0.25) is 5.88 Å². The van der Waals surface area contributed by atoms with Gasteiger partial charge in [-0.05, 0) is 36.8 Å². The number of hydrogen-bond donors (Lipinski definition) is 2. The van der Waals surface area contributed by atoms with E-state index in [1.807, 2.05) is 18.2 Å². The summed E-state index contributed by atoms with van der Waals surface area (Å²) in [5, 5.41) is 19.2. The van der Waals surface area contributed by atoms with Crippen LogP contribution < -0.4 is 14.9 Å². The molecule has 2 atom stereocenters. The number of methoxy groups -OCH3 is 1. The minimum absolute atomic E-state index is 0.218. The van der Waals surface area contributed by atoms with Crippen LogP contribution in [0.2, 0.25) is 0 Å². The minimum Gasteiger partial charge on any atom is -0.495 e. The standard InChI is InChI=1S/C18H18BN3O4/c1-25-12-4-5-15(21-9-12)13-7-11(13)10-26-18-14(19(23)24)8-17-16(22-18)3-2-6-20-17/h2-6,8-9,11,13,23-24H,7,10H2,1H3/t11?,13-/m0/s1. The molecule has 1 aliphatic carbocycles. The van der Waals surface area contributed by atoms with Crippen molar-refractivity contribution in [2.45, 2.75) is 12.3 Å². The highest BCUT2D eigenvalue weighted by atomic mass is 16.5. The molecule has 0 spiro atoms. The van der Waals surface area contributed by atoms with Gasteiger partial charge in [-0.2, -0.15) is 0 Å². The number of rotatable bonds is 6. The predicted molar refractivity (Wildman–Crippen MR) is 96.5 cm³/mol.